The molecule has 3 aromatic carbocycles. The number of carbonyl (C=O) groups excluding carboxylic acids is 1. The molecule has 0 aliphatic rings. The van der Waals surface area contributed by atoms with Crippen LogP contribution in [-0.4, -0.2) is 32.2 Å². The predicted octanol–water partition coefficient (Wildman–Crippen LogP) is 4.91. The second-order valence-electron chi connectivity index (χ2n) is 6.58. The van der Waals surface area contributed by atoms with Crippen molar-refractivity contribution in [1.29, 1.82) is 0 Å². The van der Waals surface area contributed by atoms with E-state index < -0.39 is 0 Å². The molecule has 0 unspecified atom stereocenters. The second kappa shape index (κ2) is 8.35. The number of methoxy groups -OCH3 is 3. The van der Waals surface area contributed by atoms with Crippen LogP contribution in [-0.2, 0) is 0 Å². The number of nitrogens with zero attached hydrogens (tertiary/aromatic N) is 1. The first kappa shape index (κ1) is 20.2. The second-order valence-corrected chi connectivity index (χ2v) is 6.58. The van der Waals surface area contributed by atoms with Crippen molar-refractivity contribution >= 4 is 22.7 Å². The van der Waals surface area contributed by atoms with E-state index in [1.54, 1.807) is 42.5 Å². The molecule has 0 aliphatic heterocycles. The first-order valence-electron chi connectivity index (χ1n) is 9.30. The predicted molar refractivity (Wildman–Crippen MR) is 113 cm³/mol. The summed E-state index contributed by atoms with van der Waals surface area (Å²) in [6, 6.07) is 14.1. The highest BCUT2D eigenvalue weighted by Gasteiger charge is 2.17. The minimum absolute atomic E-state index is 0.335. The Labute approximate surface area is 177 Å². The van der Waals surface area contributed by atoms with E-state index >= 15 is 0 Å². The fraction of sp³-hybridized carbons (Fsp3) is 0.130. The van der Waals surface area contributed by atoms with Gasteiger partial charge in [-0.25, -0.2) is 9.37 Å². The zero-order valence-electron chi connectivity index (χ0n) is 17.1. The van der Waals surface area contributed by atoms with Crippen LogP contribution in [0.1, 0.15) is 10.4 Å². The molecule has 0 fully saturated rings. The number of amides is 1. The maximum absolute atomic E-state index is 13.1. The van der Waals surface area contributed by atoms with Gasteiger partial charge >= 0.3 is 0 Å². The molecule has 8 heteroatoms. The summed E-state index contributed by atoms with van der Waals surface area (Å²) in [4.78, 5) is 17.2. The number of hydrogen-bond acceptors (Lipinski definition) is 6. The summed E-state index contributed by atoms with van der Waals surface area (Å²) in [7, 11) is 4.46. The number of ether oxygens (including phenoxy) is 3. The number of halogens is 1. The molecule has 1 aromatic heterocycles. The molecule has 0 saturated heterocycles. The van der Waals surface area contributed by atoms with Crippen LogP contribution in [0, 0.1) is 5.82 Å². The molecule has 4 aromatic rings. The molecule has 4 rings (SSSR count). The van der Waals surface area contributed by atoms with E-state index in [1.165, 1.54) is 33.5 Å². The lowest BCUT2D eigenvalue weighted by Crippen LogP contribution is -2.12. The standard InChI is InChI=1S/C23H19FN2O5/c1-28-19-10-14(11-20(29-2)21(19)30-3)22(27)25-16-8-9-18-17(12-16)26-23(31-18)13-4-6-15(24)7-5-13/h4-12H,1-3H3,(H,25,27). The fourth-order valence-corrected chi connectivity index (χ4v) is 3.14. The molecular formula is C23H19FN2O5. The summed E-state index contributed by atoms with van der Waals surface area (Å²) in [5.41, 5.74) is 2.62. The Morgan fingerprint density at radius 1 is 0.935 bits per heavy atom. The molecule has 1 heterocycles. The van der Waals surface area contributed by atoms with E-state index in [9.17, 15) is 9.18 Å². The fourth-order valence-electron chi connectivity index (χ4n) is 3.14. The number of benzene rings is 3. The van der Waals surface area contributed by atoms with E-state index in [0.29, 0.717) is 51.1 Å². The number of rotatable bonds is 6. The Kier molecular flexibility index (Phi) is 5.44. The van der Waals surface area contributed by atoms with Crippen molar-refractivity contribution in [2.45, 2.75) is 0 Å². The zero-order valence-corrected chi connectivity index (χ0v) is 17.1. The summed E-state index contributed by atoms with van der Waals surface area (Å²) in [5.74, 6) is 0.824. The SMILES string of the molecule is COc1cc(C(=O)Nc2ccc3oc(-c4ccc(F)cc4)nc3c2)cc(OC)c1OC. The van der Waals surface area contributed by atoms with E-state index in [-0.39, 0.29) is 11.7 Å². The maximum atomic E-state index is 13.1. The number of anilines is 1. The van der Waals surface area contributed by atoms with Crippen LogP contribution in [0.3, 0.4) is 0 Å². The van der Waals surface area contributed by atoms with E-state index in [0.717, 1.165) is 0 Å². The van der Waals surface area contributed by atoms with Crippen LogP contribution in [0.15, 0.2) is 59.0 Å². The number of oxazole rings is 1. The van der Waals surface area contributed by atoms with Crippen molar-refractivity contribution in [1.82, 2.24) is 4.98 Å². The van der Waals surface area contributed by atoms with Crippen LogP contribution in [0.25, 0.3) is 22.6 Å². The summed E-state index contributed by atoms with van der Waals surface area (Å²) < 4.78 is 34.8. The van der Waals surface area contributed by atoms with Crippen LogP contribution >= 0.6 is 0 Å². The topological polar surface area (TPSA) is 82.8 Å². The molecule has 0 atom stereocenters. The molecule has 0 radical (unpaired) electrons. The molecular weight excluding hydrogens is 403 g/mol. The van der Waals surface area contributed by atoms with Crippen molar-refractivity contribution in [3.05, 3.63) is 66.0 Å². The number of hydrogen-bond donors (Lipinski definition) is 1. The average Bonchev–Trinajstić information content (AvgIpc) is 3.21. The Morgan fingerprint density at radius 2 is 1.61 bits per heavy atom. The first-order chi connectivity index (χ1) is 15.0. The van der Waals surface area contributed by atoms with E-state index in [1.807, 2.05) is 0 Å². The van der Waals surface area contributed by atoms with E-state index in [4.69, 9.17) is 18.6 Å². The number of fused-ring (bicyclic) bond motifs is 1. The van der Waals surface area contributed by atoms with Gasteiger partial charge in [-0.2, -0.15) is 0 Å². The molecule has 1 amide bonds. The normalized spacial score (nSPS) is 10.7. The molecule has 0 bridgehead atoms. The number of carbonyl (C=O) groups is 1. The minimum atomic E-state index is -0.360. The molecule has 0 aliphatic carbocycles. The van der Waals surface area contributed by atoms with Crippen LogP contribution in [0.2, 0.25) is 0 Å². The Bertz CT molecular complexity index is 1230. The largest absolute Gasteiger partial charge is 0.493 e. The Morgan fingerprint density at radius 3 is 2.23 bits per heavy atom. The third-order valence-electron chi connectivity index (χ3n) is 4.66. The molecule has 31 heavy (non-hydrogen) atoms. The van der Waals surface area contributed by atoms with E-state index in [2.05, 4.69) is 10.3 Å². The minimum Gasteiger partial charge on any atom is -0.493 e. The lowest BCUT2D eigenvalue weighted by atomic mass is 10.1. The lowest BCUT2D eigenvalue weighted by molar-refractivity contribution is 0.102. The summed E-state index contributed by atoms with van der Waals surface area (Å²) >= 11 is 0. The lowest BCUT2D eigenvalue weighted by Gasteiger charge is -2.14. The highest BCUT2D eigenvalue weighted by molar-refractivity contribution is 6.05. The summed E-state index contributed by atoms with van der Waals surface area (Å²) in [5, 5.41) is 2.82. The van der Waals surface area contributed by atoms with Gasteiger partial charge in [-0.15, -0.1) is 0 Å². The van der Waals surface area contributed by atoms with Crippen molar-refractivity contribution < 1.29 is 27.8 Å². The summed E-state index contributed by atoms with van der Waals surface area (Å²) in [6.45, 7) is 0. The number of nitrogens with one attached hydrogen (secondary N) is 1. The van der Waals surface area contributed by atoms with Crippen molar-refractivity contribution in [2.75, 3.05) is 26.6 Å². The van der Waals surface area contributed by atoms with Gasteiger partial charge in [0.1, 0.15) is 11.3 Å². The van der Waals surface area contributed by atoms with Gasteiger partial charge < -0.3 is 23.9 Å². The average molecular weight is 422 g/mol. The monoisotopic (exact) mass is 422 g/mol. The van der Waals surface area contributed by atoms with Gasteiger partial charge in [-0.3, -0.25) is 4.79 Å². The quantitative estimate of drug-likeness (QED) is 0.475. The van der Waals surface area contributed by atoms with Gasteiger partial charge in [0.25, 0.3) is 5.91 Å². The molecule has 158 valence electrons. The highest BCUT2D eigenvalue weighted by atomic mass is 19.1. The molecule has 1 N–H and O–H groups in total. The van der Waals surface area contributed by atoms with Crippen LogP contribution < -0.4 is 19.5 Å². The Hall–Kier alpha value is -4.07. The van der Waals surface area contributed by atoms with Crippen LogP contribution in [0.4, 0.5) is 10.1 Å². The molecule has 0 saturated carbocycles. The van der Waals surface area contributed by atoms with Gasteiger partial charge in [-0.05, 0) is 54.6 Å². The highest BCUT2D eigenvalue weighted by Crippen LogP contribution is 2.38. The first-order valence-corrected chi connectivity index (χ1v) is 9.30. The van der Waals surface area contributed by atoms with Crippen molar-refractivity contribution in [3.63, 3.8) is 0 Å². The van der Waals surface area contributed by atoms with Gasteiger partial charge in [0.15, 0.2) is 17.1 Å². The van der Waals surface area contributed by atoms with Gasteiger partial charge in [0.2, 0.25) is 11.6 Å². The van der Waals surface area contributed by atoms with Gasteiger partial charge in [0, 0.05) is 16.8 Å². The Balaban J connectivity index is 1.61. The third kappa shape index (κ3) is 4.00. The third-order valence-corrected chi connectivity index (χ3v) is 4.66. The number of aromatic nitrogens is 1. The summed E-state index contributed by atoms with van der Waals surface area (Å²) in [6.07, 6.45) is 0. The van der Waals surface area contributed by atoms with Crippen LogP contribution in [0.5, 0.6) is 17.2 Å². The van der Waals surface area contributed by atoms with Gasteiger partial charge in [0.05, 0.1) is 21.3 Å². The smallest absolute Gasteiger partial charge is 0.255 e. The maximum Gasteiger partial charge on any atom is 0.255 e. The van der Waals surface area contributed by atoms with Crippen molar-refractivity contribution in [3.8, 4) is 28.7 Å². The van der Waals surface area contributed by atoms with Crippen molar-refractivity contribution in [2.24, 2.45) is 0 Å². The molecule has 7 nitrogen and oxygen atoms in total. The molecule has 0 spiro atoms. The zero-order chi connectivity index (χ0) is 22.0. The van der Waals surface area contributed by atoms with Gasteiger partial charge in [-0.1, -0.05) is 0 Å².